The average molecular weight is 403 g/mol. The number of hydrogen-bond donors (Lipinski definition) is 2. The van der Waals surface area contributed by atoms with Crippen LogP contribution in [0, 0.1) is 0 Å². The van der Waals surface area contributed by atoms with E-state index in [1.807, 2.05) is 48.7 Å². The molecule has 0 aliphatic heterocycles. The van der Waals surface area contributed by atoms with Gasteiger partial charge in [0.15, 0.2) is 0 Å². The second-order valence-corrected chi connectivity index (χ2v) is 6.55. The summed E-state index contributed by atoms with van der Waals surface area (Å²) in [5.41, 5.74) is 8.03. The summed E-state index contributed by atoms with van der Waals surface area (Å²) in [5.74, 6) is -0.810. The van der Waals surface area contributed by atoms with Crippen LogP contribution in [0.2, 0.25) is 0 Å². The number of amides is 2. The lowest BCUT2D eigenvalue weighted by molar-refractivity contribution is -0.117. The molecular weight excluding hydrogens is 378 g/mol. The molecule has 2 aromatic carbocycles. The van der Waals surface area contributed by atoms with Crippen LogP contribution in [0.25, 0.3) is 11.8 Å². The van der Waals surface area contributed by atoms with Gasteiger partial charge in [-0.1, -0.05) is 18.2 Å². The fourth-order valence-corrected chi connectivity index (χ4v) is 2.96. The molecule has 2 N–H and O–H groups in total. The van der Waals surface area contributed by atoms with E-state index >= 15 is 0 Å². The first-order chi connectivity index (χ1) is 14.6. The van der Waals surface area contributed by atoms with E-state index in [-0.39, 0.29) is 5.91 Å². The lowest BCUT2D eigenvalue weighted by Crippen LogP contribution is -2.40. The van der Waals surface area contributed by atoms with Crippen molar-refractivity contribution in [3.05, 3.63) is 84.2 Å². The van der Waals surface area contributed by atoms with Crippen molar-refractivity contribution in [3.63, 3.8) is 0 Å². The van der Waals surface area contributed by atoms with Crippen molar-refractivity contribution >= 4 is 23.6 Å². The molecule has 0 atom stereocenters. The number of hydrazine groups is 1. The van der Waals surface area contributed by atoms with Crippen molar-refractivity contribution in [2.24, 2.45) is 0 Å². The first-order valence-electron chi connectivity index (χ1n) is 9.84. The van der Waals surface area contributed by atoms with Crippen molar-refractivity contribution in [2.75, 3.05) is 18.0 Å². The molecule has 0 unspecified atom stereocenters. The predicted molar refractivity (Wildman–Crippen MR) is 118 cm³/mol. The molecule has 0 radical (unpaired) electrons. The van der Waals surface area contributed by atoms with Crippen LogP contribution in [-0.4, -0.2) is 34.7 Å². The summed E-state index contributed by atoms with van der Waals surface area (Å²) in [6.45, 7) is 5.96. The fraction of sp³-hybridized carbons (Fsp3) is 0.174. The second kappa shape index (κ2) is 10.1. The number of benzene rings is 2. The van der Waals surface area contributed by atoms with Gasteiger partial charge >= 0.3 is 0 Å². The topological polar surface area (TPSA) is 79.3 Å². The highest BCUT2D eigenvalue weighted by Gasteiger charge is 2.08. The SMILES string of the molecule is CCN(CC)c1ccc(C(=O)NNC(=O)/C=C/c2cnn(-c3ccccc3)c2)cc1. The maximum atomic E-state index is 12.2. The van der Waals surface area contributed by atoms with Gasteiger partial charge in [-0.3, -0.25) is 20.4 Å². The largest absolute Gasteiger partial charge is 0.372 e. The maximum Gasteiger partial charge on any atom is 0.269 e. The van der Waals surface area contributed by atoms with E-state index in [4.69, 9.17) is 0 Å². The van der Waals surface area contributed by atoms with Gasteiger partial charge in [0, 0.05) is 42.2 Å². The number of carbonyl (C=O) groups excluding carboxylic acids is 2. The lowest BCUT2D eigenvalue weighted by Gasteiger charge is -2.21. The van der Waals surface area contributed by atoms with E-state index in [2.05, 4.69) is 34.7 Å². The summed E-state index contributed by atoms with van der Waals surface area (Å²) >= 11 is 0. The summed E-state index contributed by atoms with van der Waals surface area (Å²) < 4.78 is 1.72. The van der Waals surface area contributed by atoms with Crippen LogP contribution < -0.4 is 15.8 Å². The molecule has 0 aliphatic rings. The zero-order valence-electron chi connectivity index (χ0n) is 17.1. The molecule has 0 aliphatic carbocycles. The molecule has 30 heavy (non-hydrogen) atoms. The molecule has 0 bridgehead atoms. The van der Waals surface area contributed by atoms with Gasteiger partial charge in [0.25, 0.3) is 11.8 Å². The number of aromatic nitrogens is 2. The van der Waals surface area contributed by atoms with Gasteiger partial charge < -0.3 is 4.90 Å². The van der Waals surface area contributed by atoms with Gasteiger partial charge in [-0.2, -0.15) is 5.10 Å². The zero-order chi connectivity index (χ0) is 21.3. The standard InChI is InChI=1S/C23H25N5O2/c1-3-27(4-2)20-13-11-19(12-14-20)23(30)26-25-22(29)15-10-18-16-24-28(17-18)21-8-6-5-7-9-21/h5-17H,3-4H2,1-2H3,(H,25,29)(H,26,30)/b15-10+. The maximum absolute atomic E-state index is 12.2. The van der Waals surface area contributed by atoms with Crippen LogP contribution in [0.15, 0.2) is 73.1 Å². The molecule has 7 nitrogen and oxygen atoms in total. The number of para-hydroxylation sites is 1. The van der Waals surface area contributed by atoms with Crippen LogP contribution >= 0.6 is 0 Å². The normalized spacial score (nSPS) is 10.7. The molecular formula is C23H25N5O2. The highest BCUT2D eigenvalue weighted by Crippen LogP contribution is 2.14. The Balaban J connectivity index is 1.52. The Morgan fingerprint density at radius 2 is 1.70 bits per heavy atom. The Bertz CT molecular complexity index is 1010. The van der Waals surface area contributed by atoms with E-state index in [0.717, 1.165) is 30.0 Å². The van der Waals surface area contributed by atoms with Gasteiger partial charge in [-0.05, 0) is 56.3 Å². The molecule has 0 saturated heterocycles. The summed E-state index contributed by atoms with van der Waals surface area (Å²) in [6, 6.07) is 17.0. The highest BCUT2D eigenvalue weighted by atomic mass is 16.2. The predicted octanol–water partition coefficient (Wildman–Crippen LogP) is 3.19. The molecule has 2 amide bonds. The van der Waals surface area contributed by atoms with E-state index in [9.17, 15) is 9.59 Å². The number of carbonyl (C=O) groups is 2. The van der Waals surface area contributed by atoms with Crippen LogP contribution in [-0.2, 0) is 4.79 Å². The monoisotopic (exact) mass is 403 g/mol. The number of anilines is 1. The summed E-state index contributed by atoms with van der Waals surface area (Å²) in [5, 5.41) is 4.27. The Morgan fingerprint density at radius 1 is 1.00 bits per heavy atom. The smallest absolute Gasteiger partial charge is 0.269 e. The minimum Gasteiger partial charge on any atom is -0.372 e. The first kappa shape index (κ1) is 20.9. The molecule has 3 aromatic rings. The summed E-state index contributed by atoms with van der Waals surface area (Å²) in [7, 11) is 0. The fourth-order valence-electron chi connectivity index (χ4n) is 2.96. The van der Waals surface area contributed by atoms with E-state index in [1.54, 1.807) is 29.1 Å². The van der Waals surface area contributed by atoms with Crippen LogP contribution in [0.5, 0.6) is 0 Å². The molecule has 3 rings (SSSR count). The van der Waals surface area contributed by atoms with E-state index in [0.29, 0.717) is 5.56 Å². The molecule has 7 heteroatoms. The van der Waals surface area contributed by atoms with Crippen LogP contribution in [0.4, 0.5) is 5.69 Å². The van der Waals surface area contributed by atoms with Crippen molar-refractivity contribution in [1.29, 1.82) is 0 Å². The van der Waals surface area contributed by atoms with Crippen LogP contribution in [0.1, 0.15) is 29.8 Å². The van der Waals surface area contributed by atoms with Gasteiger partial charge in [0.2, 0.25) is 0 Å². The Hall–Kier alpha value is -3.87. The van der Waals surface area contributed by atoms with Gasteiger partial charge in [0.05, 0.1) is 11.9 Å². The molecule has 0 saturated carbocycles. The Morgan fingerprint density at radius 3 is 2.37 bits per heavy atom. The quantitative estimate of drug-likeness (QED) is 0.469. The highest BCUT2D eigenvalue weighted by molar-refractivity contribution is 5.98. The summed E-state index contributed by atoms with van der Waals surface area (Å²) in [4.78, 5) is 26.4. The Kier molecular flexibility index (Phi) is 7.00. The third-order valence-corrected chi connectivity index (χ3v) is 4.61. The molecule has 1 heterocycles. The number of rotatable bonds is 7. The van der Waals surface area contributed by atoms with Crippen molar-refractivity contribution < 1.29 is 9.59 Å². The zero-order valence-corrected chi connectivity index (χ0v) is 17.1. The molecule has 154 valence electrons. The molecule has 0 spiro atoms. The lowest BCUT2D eigenvalue weighted by atomic mass is 10.2. The number of nitrogens with one attached hydrogen (secondary N) is 2. The van der Waals surface area contributed by atoms with Gasteiger partial charge in [-0.15, -0.1) is 0 Å². The van der Waals surface area contributed by atoms with Gasteiger partial charge in [-0.25, -0.2) is 4.68 Å². The first-order valence-corrected chi connectivity index (χ1v) is 9.84. The average Bonchev–Trinajstić information content (AvgIpc) is 3.27. The number of nitrogens with zero attached hydrogens (tertiary/aromatic N) is 3. The molecule has 1 aromatic heterocycles. The molecule has 0 fully saturated rings. The van der Waals surface area contributed by atoms with E-state index < -0.39 is 5.91 Å². The van der Waals surface area contributed by atoms with E-state index in [1.165, 1.54) is 6.08 Å². The Labute approximate surface area is 176 Å². The van der Waals surface area contributed by atoms with Crippen molar-refractivity contribution in [2.45, 2.75) is 13.8 Å². The number of hydrogen-bond acceptors (Lipinski definition) is 4. The van der Waals surface area contributed by atoms with Crippen LogP contribution in [0.3, 0.4) is 0 Å². The minimum atomic E-state index is -0.435. The summed E-state index contributed by atoms with van der Waals surface area (Å²) in [6.07, 6.45) is 6.45. The second-order valence-electron chi connectivity index (χ2n) is 6.55. The third kappa shape index (κ3) is 5.35. The van der Waals surface area contributed by atoms with Crippen molar-refractivity contribution in [1.82, 2.24) is 20.6 Å². The van der Waals surface area contributed by atoms with Crippen molar-refractivity contribution in [3.8, 4) is 5.69 Å². The van der Waals surface area contributed by atoms with Gasteiger partial charge in [0.1, 0.15) is 0 Å². The minimum absolute atomic E-state index is 0.375. The third-order valence-electron chi connectivity index (χ3n) is 4.61.